The molecule has 2 aromatic rings. The Morgan fingerprint density at radius 3 is 2.39 bits per heavy atom. The minimum absolute atomic E-state index is 0.0813. The van der Waals surface area contributed by atoms with Gasteiger partial charge in [-0.2, -0.15) is 0 Å². The van der Waals surface area contributed by atoms with Gasteiger partial charge in [-0.25, -0.2) is 4.79 Å². The molecule has 196 valence electrons. The third kappa shape index (κ3) is 6.64. The van der Waals surface area contributed by atoms with Gasteiger partial charge in [-0.05, 0) is 56.1 Å². The average Bonchev–Trinajstić information content (AvgIpc) is 2.89. The minimum atomic E-state index is -0.835. The van der Waals surface area contributed by atoms with Gasteiger partial charge >= 0.3 is 6.09 Å². The number of piperidine rings is 1. The summed E-state index contributed by atoms with van der Waals surface area (Å²) in [7, 11) is 4.66. The SMILES string of the molecule is COc1ccc(OC)c(C(COC(N)=O)N2CCC(CNC(=O)c3cc(Cl)c(N)cc3OC)CC2)c1. The van der Waals surface area contributed by atoms with Crippen molar-refractivity contribution in [3.63, 3.8) is 0 Å². The zero-order valence-corrected chi connectivity index (χ0v) is 21.5. The summed E-state index contributed by atoms with van der Waals surface area (Å²) in [5.41, 5.74) is 12.6. The molecule has 1 fully saturated rings. The highest BCUT2D eigenvalue weighted by Gasteiger charge is 2.30. The number of benzene rings is 2. The lowest BCUT2D eigenvalue weighted by molar-refractivity contribution is 0.0688. The molecule has 0 aliphatic carbocycles. The van der Waals surface area contributed by atoms with Crippen molar-refractivity contribution in [1.29, 1.82) is 0 Å². The minimum Gasteiger partial charge on any atom is -0.497 e. The first-order chi connectivity index (χ1) is 17.3. The van der Waals surface area contributed by atoms with Crippen LogP contribution in [0.4, 0.5) is 10.5 Å². The fourth-order valence-electron chi connectivity index (χ4n) is 4.37. The van der Waals surface area contributed by atoms with E-state index in [2.05, 4.69) is 10.2 Å². The van der Waals surface area contributed by atoms with Crippen LogP contribution in [0.25, 0.3) is 0 Å². The molecule has 1 heterocycles. The summed E-state index contributed by atoms with van der Waals surface area (Å²) in [6.45, 7) is 2.04. The Morgan fingerprint density at radius 2 is 1.78 bits per heavy atom. The van der Waals surface area contributed by atoms with Crippen molar-refractivity contribution >= 4 is 29.3 Å². The number of nitrogens with zero attached hydrogens (tertiary/aromatic N) is 1. The monoisotopic (exact) mass is 520 g/mol. The van der Waals surface area contributed by atoms with Gasteiger partial charge in [-0.1, -0.05) is 11.6 Å². The van der Waals surface area contributed by atoms with Crippen LogP contribution < -0.4 is 31.0 Å². The fraction of sp³-hybridized carbons (Fsp3) is 0.440. The van der Waals surface area contributed by atoms with Crippen molar-refractivity contribution in [3.05, 3.63) is 46.5 Å². The van der Waals surface area contributed by atoms with E-state index in [0.717, 1.165) is 31.5 Å². The van der Waals surface area contributed by atoms with Crippen molar-refractivity contribution in [2.75, 3.05) is 53.3 Å². The summed E-state index contributed by atoms with van der Waals surface area (Å²) in [6, 6.07) is 8.30. The molecule has 2 amide bonds. The molecule has 1 saturated heterocycles. The van der Waals surface area contributed by atoms with Crippen LogP contribution in [0.5, 0.6) is 17.2 Å². The highest BCUT2D eigenvalue weighted by Crippen LogP contribution is 2.35. The highest BCUT2D eigenvalue weighted by atomic mass is 35.5. The maximum atomic E-state index is 12.8. The summed E-state index contributed by atoms with van der Waals surface area (Å²) >= 11 is 6.10. The first-order valence-corrected chi connectivity index (χ1v) is 11.9. The van der Waals surface area contributed by atoms with Crippen molar-refractivity contribution in [2.24, 2.45) is 11.7 Å². The number of nitrogen functional groups attached to an aromatic ring is 1. The lowest BCUT2D eigenvalue weighted by atomic mass is 9.93. The van der Waals surface area contributed by atoms with Gasteiger partial charge in [0.05, 0.1) is 43.6 Å². The normalized spacial score (nSPS) is 15.1. The molecule has 36 heavy (non-hydrogen) atoms. The number of hydrogen-bond acceptors (Lipinski definition) is 8. The fourth-order valence-corrected chi connectivity index (χ4v) is 4.53. The number of nitrogens with two attached hydrogens (primary N) is 2. The molecule has 0 aromatic heterocycles. The van der Waals surface area contributed by atoms with Gasteiger partial charge in [0.25, 0.3) is 5.91 Å². The molecule has 0 spiro atoms. The van der Waals surface area contributed by atoms with Crippen LogP contribution in [0.15, 0.2) is 30.3 Å². The molecule has 11 heteroatoms. The van der Waals surface area contributed by atoms with E-state index in [9.17, 15) is 9.59 Å². The van der Waals surface area contributed by atoms with Crippen LogP contribution in [0, 0.1) is 5.92 Å². The first kappa shape index (κ1) is 27.2. The molecule has 0 saturated carbocycles. The van der Waals surface area contributed by atoms with E-state index >= 15 is 0 Å². The zero-order valence-electron chi connectivity index (χ0n) is 20.7. The van der Waals surface area contributed by atoms with Crippen molar-refractivity contribution in [2.45, 2.75) is 18.9 Å². The van der Waals surface area contributed by atoms with E-state index in [0.29, 0.717) is 40.1 Å². The van der Waals surface area contributed by atoms with Gasteiger partial charge in [0.1, 0.15) is 23.9 Å². The Kier molecular flexibility index (Phi) is 9.49. The first-order valence-electron chi connectivity index (χ1n) is 11.6. The lowest BCUT2D eigenvalue weighted by Crippen LogP contribution is -2.42. The van der Waals surface area contributed by atoms with Crippen LogP contribution in [-0.2, 0) is 4.74 Å². The highest BCUT2D eigenvalue weighted by molar-refractivity contribution is 6.33. The summed E-state index contributed by atoms with van der Waals surface area (Å²) in [6.07, 6.45) is 0.830. The van der Waals surface area contributed by atoms with Gasteiger partial charge in [0, 0.05) is 18.2 Å². The summed E-state index contributed by atoms with van der Waals surface area (Å²) in [4.78, 5) is 26.4. The Bertz CT molecular complexity index is 1070. The predicted molar refractivity (Wildman–Crippen MR) is 137 cm³/mol. The standard InChI is InChI=1S/C25H33ClN4O6/c1-33-16-4-5-22(34-2)17(10-16)21(14-36-25(28)32)30-8-6-15(7-9-30)13-29-24(31)18-11-19(26)20(27)12-23(18)35-3/h4-5,10-12,15,21H,6-9,13-14,27H2,1-3H3,(H2,28,32)(H,29,31). The van der Waals surface area contributed by atoms with Crippen molar-refractivity contribution in [3.8, 4) is 17.2 Å². The molecule has 1 aliphatic heterocycles. The van der Waals surface area contributed by atoms with Crippen LogP contribution in [0.2, 0.25) is 5.02 Å². The third-order valence-corrected chi connectivity index (χ3v) is 6.71. The van der Waals surface area contributed by atoms with Gasteiger partial charge in [-0.3, -0.25) is 9.69 Å². The topological polar surface area (TPSA) is 138 Å². The Hall–Kier alpha value is -3.37. The maximum absolute atomic E-state index is 12.8. The van der Waals surface area contributed by atoms with Gasteiger partial charge in [-0.15, -0.1) is 0 Å². The maximum Gasteiger partial charge on any atom is 0.404 e. The van der Waals surface area contributed by atoms with E-state index in [1.165, 1.54) is 19.2 Å². The second-order valence-electron chi connectivity index (χ2n) is 8.52. The predicted octanol–water partition coefficient (Wildman–Crippen LogP) is 3.23. The third-order valence-electron chi connectivity index (χ3n) is 6.38. The second kappa shape index (κ2) is 12.5. The smallest absolute Gasteiger partial charge is 0.404 e. The molecular weight excluding hydrogens is 488 g/mol. The van der Waals surface area contributed by atoms with Crippen LogP contribution in [-0.4, -0.2) is 64.5 Å². The number of ether oxygens (including phenoxy) is 4. The lowest BCUT2D eigenvalue weighted by Gasteiger charge is -2.38. The number of halogens is 1. The number of amides is 2. The number of primary amides is 1. The van der Waals surface area contributed by atoms with E-state index < -0.39 is 6.09 Å². The Balaban J connectivity index is 1.66. The van der Waals surface area contributed by atoms with Gasteiger partial charge in [0.15, 0.2) is 0 Å². The Labute approximate surface area is 215 Å². The van der Waals surface area contributed by atoms with E-state index in [1.54, 1.807) is 14.2 Å². The van der Waals surface area contributed by atoms with E-state index in [4.69, 9.17) is 42.0 Å². The van der Waals surface area contributed by atoms with Crippen LogP contribution in [0.1, 0.15) is 34.8 Å². The Morgan fingerprint density at radius 1 is 1.08 bits per heavy atom. The van der Waals surface area contributed by atoms with Crippen LogP contribution >= 0.6 is 11.6 Å². The molecule has 3 rings (SSSR count). The number of hydrogen-bond donors (Lipinski definition) is 3. The molecule has 0 bridgehead atoms. The second-order valence-corrected chi connectivity index (χ2v) is 8.92. The van der Waals surface area contributed by atoms with E-state index in [1.807, 2.05) is 18.2 Å². The average molecular weight is 521 g/mol. The quantitative estimate of drug-likeness (QED) is 0.406. The molecule has 5 N–H and O–H groups in total. The molecule has 1 unspecified atom stereocenters. The molecule has 0 radical (unpaired) electrons. The summed E-state index contributed by atoms with van der Waals surface area (Å²) in [5, 5.41) is 3.28. The number of carbonyl (C=O) groups excluding carboxylic acids is 2. The number of methoxy groups -OCH3 is 3. The van der Waals surface area contributed by atoms with E-state index in [-0.39, 0.29) is 24.5 Å². The number of carbonyl (C=O) groups is 2. The number of likely N-dealkylation sites (tertiary alicyclic amines) is 1. The molecule has 1 atom stereocenters. The summed E-state index contributed by atoms with van der Waals surface area (Å²) < 4.78 is 21.4. The number of anilines is 1. The van der Waals surface area contributed by atoms with Gasteiger partial charge < -0.3 is 35.7 Å². The largest absolute Gasteiger partial charge is 0.497 e. The molecule has 1 aliphatic rings. The van der Waals surface area contributed by atoms with Crippen molar-refractivity contribution < 1.29 is 28.5 Å². The molecular formula is C25H33ClN4O6. The number of nitrogens with one attached hydrogen (secondary N) is 1. The van der Waals surface area contributed by atoms with Crippen molar-refractivity contribution in [1.82, 2.24) is 10.2 Å². The van der Waals surface area contributed by atoms with Crippen LogP contribution in [0.3, 0.4) is 0 Å². The molecule has 10 nitrogen and oxygen atoms in total. The number of rotatable bonds is 10. The zero-order chi connectivity index (χ0) is 26.2. The summed E-state index contributed by atoms with van der Waals surface area (Å²) in [5.74, 6) is 1.70. The van der Waals surface area contributed by atoms with Gasteiger partial charge in [0.2, 0.25) is 0 Å². The molecule has 2 aromatic carbocycles.